The zero-order valence-electron chi connectivity index (χ0n) is 11.2. The highest BCUT2D eigenvalue weighted by Crippen LogP contribution is 2.25. The highest BCUT2D eigenvalue weighted by atomic mass is 19.3. The maximum absolute atomic E-state index is 12.2. The summed E-state index contributed by atoms with van der Waals surface area (Å²) in [5.74, 6) is 0.891. The van der Waals surface area contributed by atoms with Crippen LogP contribution >= 0.6 is 0 Å². The Hall–Kier alpha value is -1.99. The number of aromatic nitrogens is 2. The molecule has 21 heavy (non-hydrogen) atoms. The van der Waals surface area contributed by atoms with E-state index in [0.29, 0.717) is 13.2 Å². The number of hydrogen-bond acceptors (Lipinski definition) is 4. The van der Waals surface area contributed by atoms with E-state index in [-0.39, 0.29) is 11.8 Å². The van der Waals surface area contributed by atoms with Crippen LogP contribution in [-0.2, 0) is 4.74 Å². The van der Waals surface area contributed by atoms with Crippen LogP contribution < -0.4 is 10.1 Å². The lowest BCUT2D eigenvalue weighted by Crippen LogP contribution is -2.35. The lowest BCUT2D eigenvalue weighted by molar-refractivity contribution is -0.0498. The summed E-state index contributed by atoms with van der Waals surface area (Å²) in [6.45, 7) is -0.807. The van der Waals surface area contributed by atoms with Crippen molar-refractivity contribution in [2.75, 3.05) is 19.8 Å². The van der Waals surface area contributed by atoms with Gasteiger partial charge >= 0.3 is 6.61 Å². The molecule has 0 bridgehead atoms. The van der Waals surface area contributed by atoms with Crippen LogP contribution in [0.1, 0.15) is 11.9 Å². The number of nitrogens with one attached hydrogen (secondary N) is 2. The van der Waals surface area contributed by atoms with Crippen LogP contribution in [0.25, 0.3) is 11.3 Å². The highest BCUT2D eigenvalue weighted by molar-refractivity contribution is 5.60. The molecule has 7 heteroatoms. The molecule has 3 rings (SSSR count). The number of rotatable bonds is 4. The molecule has 2 heterocycles. The molecule has 2 aromatic rings. The number of nitrogens with zero attached hydrogens (tertiary/aromatic N) is 1. The lowest BCUT2D eigenvalue weighted by atomic mass is 10.1. The number of ether oxygens (including phenoxy) is 2. The Morgan fingerprint density at radius 1 is 1.38 bits per heavy atom. The third-order valence-corrected chi connectivity index (χ3v) is 3.22. The summed E-state index contributed by atoms with van der Waals surface area (Å²) in [6, 6.07) is 6.53. The number of H-pyrrole nitrogens is 1. The maximum atomic E-state index is 12.2. The summed E-state index contributed by atoms with van der Waals surface area (Å²) in [5.41, 5.74) is 1.49. The van der Waals surface area contributed by atoms with Gasteiger partial charge in [-0.1, -0.05) is 12.1 Å². The molecule has 112 valence electrons. The number of hydrogen-bond donors (Lipinski definition) is 2. The molecular formula is C14H15F2N3O2. The van der Waals surface area contributed by atoms with Gasteiger partial charge in [-0.2, -0.15) is 8.78 Å². The summed E-state index contributed by atoms with van der Waals surface area (Å²) in [4.78, 5) is 7.50. The molecule has 0 aliphatic carbocycles. The van der Waals surface area contributed by atoms with Gasteiger partial charge in [-0.15, -0.1) is 0 Å². The van der Waals surface area contributed by atoms with E-state index < -0.39 is 6.61 Å². The number of imidazole rings is 1. The molecule has 0 spiro atoms. The van der Waals surface area contributed by atoms with Crippen LogP contribution in [0.15, 0.2) is 30.5 Å². The van der Waals surface area contributed by atoms with Crippen molar-refractivity contribution in [3.05, 3.63) is 36.3 Å². The van der Waals surface area contributed by atoms with Crippen molar-refractivity contribution in [2.24, 2.45) is 0 Å². The predicted octanol–water partition coefficient (Wildman–Crippen LogP) is 2.34. The fourth-order valence-corrected chi connectivity index (χ4v) is 2.24. The standard InChI is InChI=1S/C14H15F2N3O2/c15-14(16)21-10-3-1-2-9(6-10)11-7-18-13(19-11)12-8-20-5-4-17-12/h1-3,6-7,12,14,17H,4-5,8H2,(H,18,19). The molecule has 1 atom stereocenters. The number of morpholine rings is 1. The van der Waals surface area contributed by atoms with Gasteiger partial charge in [0.15, 0.2) is 0 Å². The number of alkyl halides is 2. The first-order valence-electron chi connectivity index (χ1n) is 6.63. The molecular weight excluding hydrogens is 280 g/mol. The highest BCUT2D eigenvalue weighted by Gasteiger charge is 2.18. The van der Waals surface area contributed by atoms with Crippen molar-refractivity contribution in [2.45, 2.75) is 12.7 Å². The molecule has 1 aliphatic rings. The van der Waals surface area contributed by atoms with Crippen LogP contribution in [0, 0.1) is 0 Å². The third kappa shape index (κ3) is 3.37. The summed E-state index contributed by atoms with van der Waals surface area (Å²) in [5, 5.41) is 3.30. The van der Waals surface area contributed by atoms with Crippen molar-refractivity contribution in [3.63, 3.8) is 0 Å². The first kappa shape index (κ1) is 14.0. The Balaban J connectivity index is 1.79. The first-order chi connectivity index (χ1) is 10.2. The topological polar surface area (TPSA) is 59.2 Å². The minimum absolute atomic E-state index is 0.0213. The average Bonchev–Trinajstić information content (AvgIpc) is 2.98. The average molecular weight is 295 g/mol. The predicted molar refractivity (Wildman–Crippen MR) is 72.2 cm³/mol. The van der Waals surface area contributed by atoms with Crippen molar-refractivity contribution in [3.8, 4) is 17.0 Å². The smallest absolute Gasteiger partial charge is 0.387 e. The fourth-order valence-electron chi connectivity index (χ4n) is 2.24. The maximum Gasteiger partial charge on any atom is 0.387 e. The Morgan fingerprint density at radius 2 is 2.29 bits per heavy atom. The van der Waals surface area contributed by atoms with E-state index in [2.05, 4.69) is 20.0 Å². The minimum Gasteiger partial charge on any atom is -0.435 e. The Morgan fingerprint density at radius 3 is 3.05 bits per heavy atom. The molecule has 1 fully saturated rings. The van der Waals surface area contributed by atoms with E-state index in [1.165, 1.54) is 6.07 Å². The van der Waals surface area contributed by atoms with Crippen LogP contribution in [0.3, 0.4) is 0 Å². The molecule has 5 nitrogen and oxygen atoms in total. The van der Waals surface area contributed by atoms with E-state index in [9.17, 15) is 8.78 Å². The molecule has 2 N–H and O–H groups in total. The Labute approximate surface area is 120 Å². The Kier molecular flexibility index (Phi) is 4.12. The number of benzene rings is 1. The molecule has 1 aliphatic heterocycles. The zero-order chi connectivity index (χ0) is 14.7. The van der Waals surface area contributed by atoms with Crippen molar-refractivity contribution >= 4 is 0 Å². The van der Waals surface area contributed by atoms with Gasteiger partial charge in [0.1, 0.15) is 11.6 Å². The first-order valence-corrected chi connectivity index (χ1v) is 6.63. The summed E-state index contributed by atoms with van der Waals surface area (Å²) >= 11 is 0. The van der Waals surface area contributed by atoms with Gasteiger partial charge in [0.05, 0.1) is 31.1 Å². The van der Waals surface area contributed by atoms with E-state index in [4.69, 9.17) is 4.74 Å². The lowest BCUT2D eigenvalue weighted by Gasteiger charge is -2.21. The molecule has 0 radical (unpaired) electrons. The van der Waals surface area contributed by atoms with E-state index in [1.54, 1.807) is 24.4 Å². The molecule has 1 aromatic heterocycles. The summed E-state index contributed by atoms with van der Waals surface area (Å²) in [7, 11) is 0. The van der Waals surface area contributed by atoms with Gasteiger partial charge in [-0.25, -0.2) is 4.98 Å². The number of aromatic amines is 1. The number of halogens is 2. The van der Waals surface area contributed by atoms with Gasteiger partial charge in [0.2, 0.25) is 0 Å². The normalized spacial score (nSPS) is 18.9. The second-order valence-electron chi connectivity index (χ2n) is 4.67. The van der Waals surface area contributed by atoms with Crippen LogP contribution in [0.5, 0.6) is 5.75 Å². The van der Waals surface area contributed by atoms with Crippen LogP contribution in [0.2, 0.25) is 0 Å². The van der Waals surface area contributed by atoms with Gasteiger partial charge < -0.3 is 19.8 Å². The van der Waals surface area contributed by atoms with Gasteiger partial charge in [-0.3, -0.25) is 0 Å². The molecule has 1 unspecified atom stereocenters. The largest absolute Gasteiger partial charge is 0.435 e. The zero-order valence-corrected chi connectivity index (χ0v) is 11.2. The monoisotopic (exact) mass is 295 g/mol. The van der Waals surface area contributed by atoms with E-state index in [1.807, 2.05) is 0 Å². The van der Waals surface area contributed by atoms with E-state index >= 15 is 0 Å². The minimum atomic E-state index is -2.83. The molecule has 0 amide bonds. The summed E-state index contributed by atoms with van der Waals surface area (Å²) < 4.78 is 34.3. The molecule has 0 saturated carbocycles. The van der Waals surface area contributed by atoms with Crippen molar-refractivity contribution < 1.29 is 18.3 Å². The van der Waals surface area contributed by atoms with Crippen LogP contribution in [-0.4, -0.2) is 36.3 Å². The molecule has 1 aromatic carbocycles. The Bertz CT molecular complexity index is 597. The van der Waals surface area contributed by atoms with Crippen molar-refractivity contribution in [1.82, 2.24) is 15.3 Å². The summed E-state index contributed by atoms with van der Waals surface area (Å²) in [6.07, 6.45) is 1.67. The third-order valence-electron chi connectivity index (χ3n) is 3.22. The quantitative estimate of drug-likeness (QED) is 0.909. The second kappa shape index (κ2) is 6.19. The van der Waals surface area contributed by atoms with Gasteiger partial charge in [0, 0.05) is 12.1 Å². The van der Waals surface area contributed by atoms with Crippen molar-refractivity contribution in [1.29, 1.82) is 0 Å². The second-order valence-corrected chi connectivity index (χ2v) is 4.67. The van der Waals surface area contributed by atoms with E-state index in [0.717, 1.165) is 23.6 Å². The van der Waals surface area contributed by atoms with Crippen LogP contribution in [0.4, 0.5) is 8.78 Å². The SMILES string of the molecule is FC(F)Oc1cccc(-c2cnc(C3COCCN3)[nH]2)c1. The van der Waals surface area contributed by atoms with Gasteiger partial charge in [0.25, 0.3) is 0 Å². The van der Waals surface area contributed by atoms with Gasteiger partial charge in [-0.05, 0) is 12.1 Å². The molecule has 1 saturated heterocycles. The fraction of sp³-hybridized carbons (Fsp3) is 0.357.